The quantitative estimate of drug-likeness (QED) is 0.594. The molecule has 0 radical (unpaired) electrons. The van der Waals surface area contributed by atoms with E-state index in [0.29, 0.717) is 12.1 Å². The number of esters is 1. The molecule has 8 heteroatoms. The SMILES string of the molecule is CN1[C@@H]2CC[C@H]1CC(OC(=O)C(CO)c1ccccc1)C2.CO[N+](=O)OC. The first kappa shape index (κ1) is 21.1. The lowest BCUT2D eigenvalue weighted by Gasteiger charge is -2.36. The van der Waals surface area contributed by atoms with Crippen molar-refractivity contribution in [3.8, 4) is 0 Å². The number of nitrogens with zero attached hydrogens (tertiary/aromatic N) is 2. The lowest BCUT2D eigenvalue weighted by Crippen LogP contribution is -2.43. The number of hydrogen-bond donors (Lipinski definition) is 1. The van der Waals surface area contributed by atoms with Crippen molar-refractivity contribution in [2.24, 2.45) is 0 Å². The Morgan fingerprint density at radius 3 is 2.19 bits per heavy atom. The summed E-state index contributed by atoms with van der Waals surface area (Å²) in [7, 11) is 4.61. The number of piperidine rings is 1. The van der Waals surface area contributed by atoms with Crippen molar-refractivity contribution < 1.29 is 29.4 Å². The average Bonchev–Trinajstić information content (AvgIpc) is 2.90. The molecule has 0 aliphatic carbocycles. The van der Waals surface area contributed by atoms with E-state index < -0.39 is 5.92 Å². The van der Waals surface area contributed by atoms with E-state index in [2.05, 4.69) is 21.6 Å². The summed E-state index contributed by atoms with van der Waals surface area (Å²) in [5.41, 5.74) is 0.820. The van der Waals surface area contributed by atoms with Crippen molar-refractivity contribution in [2.75, 3.05) is 27.9 Å². The first-order valence-electron chi connectivity index (χ1n) is 9.13. The fourth-order valence-electron chi connectivity index (χ4n) is 3.78. The third-order valence-electron chi connectivity index (χ3n) is 5.30. The number of fused-ring (bicyclic) bond motifs is 2. The highest BCUT2D eigenvalue weighted by molar-refractivity contribution is 5.78. The van der Waals surface area contributed by atoms with E-state index >= 15 is 0 Å². The predicted octanol–water partition coefficient (Wildman–Crippen LogP) is 1.82. The summed E-state index contributed by atoms with van der Waals surface area (Å²) >= 11 is 0. The van der Waals surface area contributed by atoms with Crippen molar-refractivity contribution in [3.05, 3.63) is 40.8 Å². The number of rotatable bonds is 6. The Morgan fingerprint density at radius 2 is 1.74 bits per heavy atom. The van der Waals surface area contributed by atoms with Crippen LogP contribution in [0.15, 0.2) is 30.3 Å². The van der Waals surface area contributed by atoms with Crippen LogP contribution in [0.5, 0.6) is 0 Å². The van der Waals surface area contributed by atoms with Gasteiger partial charge in [0.15, 0.2) is 14.2 Å². The number of carbonyl (C=O) groups is 1. The van der Waals surface area contributed by atoms with Crippen LogP contribution < -0.4 is 0 Å². The highest BCUT2D eigenvalue weighted by atomic mass is 17.0. The van der Waals surface area contributed by atoms with Crippen molar-refractivity contribution in [3.63, 3.8) is 0 Å². The van der Waals surface area contributed by atoms with Crippen LogP contribution in [-0.2, 0) is 19.2 Å². The molecule has 3 rings (SSSR count). The van der Waals surface area contributed by atoms with E-state index in [0.717, 1.165) is 18.4 Å². The standard InChI is InChI=1S/C17H23NO3.C2H6NO3/c1-18-13-7-8-14(18)10-15(9-13)21-17(20)16(11-19)12-5-3-2-4-6-12;1-5-3(4)6-2/h2-6,13-16,19H,7-11H2,1H3;1-2H3/q;+1/t13-,14+,15?,16?;. The minimum atomic E-state index is -0.566. The first-order chi connectivity index (χ1) is 13.0. The van der Waals surface area contributed by atoms with Crippen LogP contribution in [0.25, 0.3) is 0 Å². The molecule has 1 aromatic carbocycles. The summed E-state index contributed by atoms with van der Waals surface area (Å²) in [5.74, 6) is -0.860. The Morgan fingerprint density at radius 1 is 1.19 bits per heavy atom. The van der Waals surface area contributed by atoms with Crippen LogP contribution in [0.2, 0.25) is 0 Å². The highest BCUT2D eigenvalue weighted by Crippen LogP contribution is 2.36. The van der Waals surface area contributed by atoms with Crippen LogP contribution in [-0.4, -0.2) is 67.1 Å². The molecular weight excluding hydrogens is 352 g/mol. The molecule has 8 nitrogen and oxygen atoms in total. The van der Waals surface area contributed by atoms with Gasteiger partial charge in [-0.05, 0) is 38.3 Å². The zero-order valence-electron chi connectivity index (χ0n) is 16.1. The first-order valence-corrected chi connectivity index (χ1v) is 9.13. The smallest absolute Gasteiger partial charge is 0.462 e. The van der Waals surface area contributed by atoms with E-state index in [-0.39, 0.29) is 23.8 Å². The Hall–Kier alpha value is -2.19. The third kappa shape index (κ3) is 5.64. The van der Waals surface area contributed by atoms with Gasteiger partial charge in [0.25, 0.3) is 0 Å². The second-order valence-corrected chi connectivity index (χ2v) is 6.82. The van der Waals surface area contributed by atoms with Gasteiger partial charge in [-0.15, -0.1) is 0 Å². The zero-order valence-corrected chi connectivity index (χ0v) is 16.1. The molecule has 2 unspecified atom stereocenters. The molecule has 0 aromatic heterocycles. The fraction of sp³-hybridized carbons (Fsp3) is 0.632. The van der Waals surface area contributed by atoms with Gasteiger partial charge in [0.2, 0.25) is 0 Å². The number of carbonyl (C=O) groups excluding carboxylic acids is 1. The molecule has 150 valence electrons. The van der Waals surface area contributed by atoms with Crippen molar-refractivity contribution in [2.45, 2.75) is 49.8 Å². The molecule has 2 aliphatic heterocycles. The molecule has 0 amide bonds. The molecular formula is C19H29N2O6+. The minimum Gasteiger partial charge on any atom is -0.462 e. The molecule has 2 heterocycles. The Balaban J connectivity index is 0.000000380. The fourth-order valence-corrected chi connectivity index (χ4v) is 3.78. The largest absolute Gasteiger partial charge is 0.476 e. The van der Waals surface area contributed by atoms with Gasteiger partial charge < -0.3 is 14.7 Å². The number of aliphatic hydroxyl groups is 1. The van der Waals surface area contributed by atoms with Gasteiger partial charge in [0, 0.05) is 12.1 Å². The lowest BCUT2D eigenvalue weighted by molar-refractivity contribution is -0.972. The Bertz CT molecular complexity index is 591. The van der Waals surface area contributed by atoms with E-state index in [4.69, 9.17) is 4.74 Å². The second kappa shape index (κ2) is 10.2. The van der Waals surface area contributed by atoms with Gasteiger partial charge in [-0.2, -0.15) is 9.68 Å². The van der Waals surface area contributed by atoms with E-state index in [1.165, 1.54) is 27.1 Å². The summed E-state index contributed by atoms with van der Waals surface area (Å²) in [6.45, 7) is -0.206. The summed E-state index contributed by atoms with van der Waals surface area (Å²) in [6.07, 6.45) is 4.26. The van der Waals surface area contributed by atoms with E-state index in [1.807, 2.05) is 30.3 Å². The van der Waals surface area contributed by atoms with Crippen LogP contribution in [0, 0.1) is 4.91 Å². The van der Waals surface area contributed by atoms with Crippen LogP contribution in [0.3, 0.4) is 0 Å². The zero-order chi connectivity index (χ0) is 19.8. The third-order valence-corrected chi connectivity index (χ3v) is 5.30. The van der Waals surface area contributed by atoms with E-state index in [9.17, 15) is 14.8 Å². The summed E-state index contributed by atoms with van der Waals surface area (Å²) in [6, 6.07) is 10.5. The number of aliphatic hydroxyl groups excluding tert-OH is 1. The van der Waals surface area contributed by atoms with Gasteiger partial charge in [-0.25, -0.2) is 0 Å². The highest BCUT2D eigenvalue weighted by Gasteiger charge is 2.40. The molecule has 2 bridgehead atoms. The van der Waals surface area contributed by atoms with Crippen LogP contribution in [0.4, 0.5) is 0 Å². The lowest BCUT2D eigenvalue weighted by atomic mass is 9.98. The monoisotopic (exact) mass is 381 g/mol. The maximum Gasteiger partial charge on any atom is 0.476 e. The molecule has 1 aromatic rings. The van der Waals surface area contributed by atoms with E-state index in [1.54, 1.807) is 0 Å². The molecule has 27 heavy (non-hydrogen) atoms. The summed E-state index contributed by atoms with van der Waals surface area (Å²) < 4.78 is 5.70. The van der Waals surface area contributed by atoms with Gasteiger partial charge in [-0.3, -0.25) is 4.79 Å². The Labute approximate surface area is 159 Å². The number of hydrogen-bond acceptors (Lipinski definition) is 7. The topological polar surface area (TPSA) is 88.3 Å². The summed E-state index contributed by atoms with van der Waals surface area (Å²) in [5, 5.41) is 9.53. The van der Waals surface area contributed by atoms with Crippen LogP contribution >= 0.6 is 0 Å². The second-order valence-electron chi connectivity index (χ2n) is 6.82. The van der Waals surface area contributed by atoms with Crippen molar-refractivity contribution >= 4 is 5.97 Å². The number of ether oxygens (including phenoxy) is 1. The molecule has 1 N–H and O–H groups in total. The van der Waals surface area contributed by atoms with Crippen molar-refractivity contribution in [1.29, 1.82) is 0 Å². The molecule has 2 aliphatic rings. The molecule has 4 atom stereocenters. The maximum absolute atomic E-state index is 12.4. The van der Waals surface area contributed by atoms with Gasteiger partial charge in [0.05, 0.1) is 6.61 Å². The molecule has 2 fully saturated rings. The minimum absolute atomic E-state index is 0. The van der Waals surface area contributed by atoms with Crippen molar-refractivity contribution in [1.82, 2.24) is 4.90 Å². The van der Waals surface area contributed by atoms with Gasteiger partial charge >= 0.3 is 11.1 Å². The van der Waals surface area contributed by atoms with Gasteiger partial charge in [0.1, 0.15) is 16.9 Å². The number of benzene rings is 1. The van der Waals surface area contributed by atoms with Crippen LogP contribution in [0.1, 0.15) is 37.2 Å². The maximum atomic E-state index is 12.4. The molecule has 2 saturated heterocycles. The summed E-state index contributed by atoms with van der Waals surface area (Å²) in [4.78, 5) is 32.3. The molecule has 0 spiro atoms. The average molecular weight is 381 g/mol. The van der Waals surface area contributed by atoms with Gasteiger partial charge in [-0.1, -0.05) is 30.3 Å². The predicted molar refractivity (Wildman–Crippen MR) is 97.6 cm³/mol. The molecule has 0 saturated carbocycles. The normalized spacial score (nSPS) is 25.0. The Kier molecular flexibility index (Phi) is 7.99.